The number of ether oxygens (including phenoxy) is 2. The fourth-order valence-corrected chi connectivity index (χ4v) is 2.96. The first-order valence-corrected chi connectivity index (χ1v) is 8.53. The lowest BCUT2D eigenvalue weighted by Gasteiger charge is -2.27. The highest BCUT2D eigenvalue weighted by atomic mass is 16.5. The van der Waals surface area contributed by atoms with Gasteiger partial charge in [0.05, 0.1) is 20.4 Å². The highest BCUT2D eigenvalue weighted by molar-refractivity contribution is 6.35. The van der Waals surface area contributed by atoms with E-state index in [4.69, 9.17) is 9.47 Å². The van der Waals surface area contributed by atoms with Crippen LogP contribution in [-0.4, -0.2) is 43.7 Å². The minimum absolute atomic E-state index is 0.432. The lowest BCUT2D eigenvalue weighted by molar-refractivity contribution is -0.146. The molecule has 7 heteroatoms. The van der Waals surface area contributed by atoms with Crippen LogP contribution in [0.1, 0.15) is 16.7 Å². The molecule has 0 atom stereocenters. The first-order valence-electron chi connectivity index (χ1n) is 8.53. The van der Waals surface area contributed by atoms with Crippen LogP contribution in [0.3, 0.4) is 0 Å². The normalized spacial score (nSPS) is 13.2. The number of hydrazone groups is 1. The zero-order chi connectivity index (χ0) is 19.2. The number of amides is 2. The molecule has 140 valence electrons. The summed E-state index contributed by atoms with van der Waals surface area (Å²) in [5.41, 5.74) is 5.27. The fourth-order valence-electron chi connectivity index (χ4n) is 2.96. The number of hydrogen-bond acceptors (Lipinski definition) is 5. The Kier molecular flexibility index (Phi) is 5.71. The summed E-state index contributed by atoms with van der Waals surface area (Å²) in [7, 11) is 3.09. The van der Waals surface area contributed by atoms with E-state index in [-0.39, 0.29) is 0 Å². The molecule has 0 aliphatic carbocycles. The monoisotopic (exact) mass is 367 g/mol. The summed E-state index contributed by atoms with van der Waals surface area (Å²) in [6.07, 6.45) is 2.18. The van der Waals surface area contributed by atoms with E-state index in [1.54, 1.807) is 25.3 Å². The summed E-state index contributed by atoms with van der Waals surface area (Å²) in [6, 6.07) is 13.1. The summed E-state index contributed by atoms with van der Waals surface area (Å²) in [5, 5.41) is 3.86. The molecule has 1 N–H and O–H groups in total. The number of methoxy groups -OCH3 is 2. The second-order valence-electron chi connectivity index (χ2n) is 6.06. The maximum Gasteiger partial charge on any atom is 0.329 e. The van der Waals surface area contributed by atoms with E-state index in [9.17, 15) is 9.59 Å². The summed E-state index contributed by atoms with van der Waals surface area (Å²) >= 11 is 0. The molecular formula is C20H21N3O4. The van der Waals surface area contributed by atoms with E-state index in [0.29, 0.717) is 30.2 Å². The van der Waals surface area contributed by atoms with Gasteiger partial charge >= 0.3 is 11.8 Å². The molecule has 0 unspecified atom stereocenters. The molecule has 3 rings (SSSR count). The number of hydrogen-bond donors (Lipinski definition) is 1. The van der Waals surface area contributed by atoms with Crippen molar-refractivity contribution in [2.75, 3.05) is 20.8 Å². The van der Waals surface area contributed by atoms with Crippen LogP contribution in [0, 0.1) is 0 Å². The van der Waals surface area contributed by atoms with Gasteiger partial charge in [-0.05, 0) is 41.3 Å². The maximum atomic E-state index is 12.3. The Morgan fingerprint density at radius 2 is 1.81 bits per heavy atom. The summed E-state index contributed by atoms with van der Waals surface area (Å²) in [5.74, 6) is -0.199. The van der Waals surface area contributed by atoms with Gasteiger partial charge in [-0.2, -0.15) is 5.10 Å². The minimum Gasteiger partial charge on any atom is -0.493 e. The number of rotatable bonds is 4. The van der Waals surface area contributed by atoms with E-state index in [0.717, 1.165) is 12.0 Å². The van der Waals surface area contributed by atoms with E-state index in [1.807, 2.05) is 24.3 Å². The van der Waals surface area contributed by atoms with Gasteiger partial charge in [-0.15, -0.1) is 0 Å². The van der Waals surface area contributed by atoms with Gasteiger partial charge in [-0.1, -0.05) is 24.3 Å². The smallest absolute Gasteiger partial charge is 0.329 e. The largest absolute Gasteiger partial charge is 0.493 e. The Morgan fingerprint density at radius 1 is 1.07 bits per heavy atom. The van der Waals surface area contributed by atoms with Gasteiger partial charge < -0.3 is 14.4 Å². The third-order valence-corrected chi connectivity index (χ3v) is 4.40. The second-order valence-corrected chi connectivity index (χ2v) is 6.06. The van der Waals surface area contributed by atoms with Crippen LogP contribution in [-0.2, 0) is 22.6 Å². The van der Waals surface area contributed by atoms with Crippen molar-refractivity contribution in [1.29, 1.82) is 0 Å². The van der Waals surface area contributed by atoms with Gasteiger partial charge in [-0.3, -0.25) is 9.59 Å². The highest BCUT2D eigenvalue weighted by Crippen LogP contribution is 2.26. The third kappa shape index (κ3) is 4.25. The van der Waals surface area contributed by atoms with Crippen molar-refractivity contribution in [2.24, 2.45) is 5.10 Å². The number of carbonyl (C=O) groups is 2. The lowest BCUT2D eigenvalue weighted by Crippen LogP contribution is -2.43. The average Bonchev–Trinajstić information content (AvgIpc) is 2.72. The van der Waals surface area contributed by atoms with Gasteiger partial charge in [0.25, 0.3) is 0 Å². The SMILES string of the molecule is COc1ccc(/C=N\NC(=O)C(=O)N2CCc3ccccc3C2)cc1OC. The van der Waals surface area contributed by atoms with E-state index in [1.165, 1.54) is 23.8 Å². The molecule has 0 saturated carbocycles. The molecule has 7 nitrogen and oxygen atoms in total. The molecule has 0 fully saturated rings. The van der Waals surface area contributed by atoms with E-state index < -0.39 is 11.8 Å². The maximum absolute atomic E-state index is 12.3. The minimum atomic E-state index is -0.758. The molecule has 0 spiro atoms. The van der Waals surface area contributed by atoms with Crippen molar-refractivity contribution in [3.05, 3.63) is 59.2 Å². The molecule has 1 aliphatic heterocycles. The van der Waals surface area contributed by atoms with Gasteiger partial charge in [0, 0.05) is 13.1 Å². The van der Waals surface area contributed by atoms with Crippen molar-refractivity contribution in [3.63, 3.8) is 0 Å². The Labute approximate surface area is 157 Å². The molecule has 0 aromatic heterocycles. The number of carbonyl (C=O) groups excluding carboxylic acids is 2. The van der Waals surface area contributed by atoms with Crippen LogP contribution in [0.5, 0.6) is 11.5 Å². The Morgan fingerprint density at radius 3 is 2.56 bits per heavy atom. The Balaban J connectivity index is 1.59. The van der Waals surface area contributed by atoms with Crippen LogP contribution in [0.25, 0.3) is 0 Å². The van der Waals surface area contributed by atoms with E-state index >= 15 is 0 Å². The Hall–Kier alpha value is -3.35. The zero-order valence-corrected chi connectivity index (χ0v) is 15.3. The van der Waals surface area contributed by atoms with E-state index in [2.05, 4.69) is 10.5 Å². The van der Waals surface area contributed by atoms with Gasteiger partial charge in [0.1, 0.15) is 0 Å². The van der Waals surface area contributed by atoms with Crippen LogP contribution in [0.15, 0.2) is 47.6 Å². The third-order valence-electron chi connectivity index (χ3n) is 4.40. The second kappa shape index (κ2) is 8.35. The average molecular weight is 367 g/mol. The standard InChI is InChI=1S/C20H21N3O4/c1-26-17-8-7-14(11-18(17)27-2)12-21-22-19(24)20(25)23-10-9-15-5-3-4-6-16(15)13-23/h3-8,11-12H,9-10,13H2,1-2H3,(H,22,24)/b21-12-. The predicted molar refractivity (Wildman–Crippen MR) is 101 cm³/mol. The fraction of sp³-hybridized carbons (Fsp3) is 0.250. The first kappa shape index (κ1) is 18.4. The van der Waals surface area contributed by atoms with Crippen molar-refractivity contribution < 1.29 is 19.1 Å². The van der Waals surface area contributed by atoms with Crippen LogP contribution < -0.4 is 14.9 Å². The molecule has 1 heterocycles. The van der Waals surface area contributed by atoms with Crippen LogP contribution in [0.4, 0.5) is 0 Å². The zero-order valence-electron chi connectivity index (χ0n) is 15.3. The molecule has 0 bridgehead atoms. The summed E-state index contributed by atoms with van der Waals surface area (Å²) in [4.78, 5) is 26.0. The van der Waals surface area contributed by atoms with Gasteiger partial charge in [0.15, 0.2) is 11.5 Å². The lowest BCUT2D eigenvalue weighted by atomic mass is 10.00. The van der Waals surface area contributed by atoms with Crippen molar-refractivity contribution >= 4 is 18.0 Å². The summed E-state index contributed by atoms with van der Waals surface area (Å²) in [6.45, 7) is 0.949. The molecule has 2 amide bonds. The number of benzene rings is 2. The van der Waals surface area contributed by atoms with Crippen LogP contribution in [0.2, 0.25) is 0 Å². The van der Waals surface area contributed by atoms with Crippen molar-refractivity contribution in [3.8, 4) is 11.5 Å². The number of nitrogens with zero attached hydrogens (tertiary/aromatic N) is 2. The number of nitrogens with one attached hydrogen (secondary N) is 1. The van der Waals surface area contributed by atoms with Crippen LogP contribution >= 0.6 is 0 Å². The van der Waals surface area contributed by atoms with Crippen molar-refractivity contribution in [2.45, 2.75) is 13.0 Å². The molecule has 0 saturated heterocycles. The topological polar surface area (TPSA) is 80.2 Å². The molecular weight excluding hydrogens is 346 g/mol. The molecule has 27 heavy (non-hydrogen) atoms. The molecule has 0 radical (unpaired) electrons. The number of fused-ring (bicyclic) bond motifs is 1. The quantitative estimate of drug-likeness (QED) is 0.507. The predicted octanol–water partition coefficient (Wildman–Crippen LogP) is 1.74. The summed E-state index contributed by atoms with van der Waals surface area (Å²) < 4.78 is 10.4. The Bertz CT molecular complexity index is 879. The van der Waals surface area contributed by atoms with Gasteiger partial charge in [-0.25, -0.2) is 5.43 Å². The first-order chi connectivity index (χ1) is 13.1. The molecule has 1 aliphatic rings. The molecule has 2 aromatic rings. The highest BCUT2D eigenvalue weighted by Gasteiger charge is 2.25. The van der Waals surface area contributed by atoms with Gasteiger partial charge in [0.2, 0.25) is 0 Å². The van der Waals surface area contributed by atoms with Crippen molar-refractivity contribution in [1.82, 2.24) is 10.3 Å². The molecule has 2 aromatic carbocycles.